The molecule has 0 unspecified atom stereocenters. The summed E-state index contributed by atoms with van der Waals surface area (Å²) in [6.45, 7) is 4.49. The number of esters is 1. The van der Waals surface area contributed by atoms with Gasteiger partial charge in [-0.2, -0.15) is 0 Å². The number of halogens is 1. The normalized spacial score (nSPS) is 17.9. The highest BCUT2D eigenvalue weighted by Gasteiger charge is 2.26. The molecule has 1 atom stereocenters. The van der Waals surface area contributed by atoms with E-state index in [-0.39, 0.29) is 12.1 Å². The monoisotopic (exact) mass is 614 g/mol. The number of rotatable bonds is 9. The van der Waals surface area contributed by atoms with Crippen molar-refractivity contribution in [3.05, 3.63) is 88.5 Å². The van der Waals surface area contributed by atoms with Gasteiger partial charge in [0, 0.05) is 35.2 Å². The van der Waals surface area contributed by atoms with Crippen LogP contribution in [-0.4, -0.2) is 58.3 Å². The minimum atomic E-state index is -0.344. The van der Waals surface area contributed by atoms with E-state index in [0.717, 1.165) is 97.6 Å². The van der Waals surface area contributed by atoms with Crippen molar-refractivity contribution in [1.29, 1.82) is 0 Å². The predicted octanol–water partition coefficient (Wildman–Crippen LogP) is 6.76. The first-order valence-electron chi connectivity index (χ1n) is 15.2. The molecule has 44 heavy (non-hydrogen) atoms. The molecule has 2 aromatic carbocycles. The molecular weight excluding hydrogens is 580 g/mol. The smallest absolute Gasteiger partial charge is 0.337 e. The zero-order valence-electron chi connectivity index (χ0n) is 24.7. The number of furan rings is 1. The first kappa shape index (κ1) is 28.8. The van der Waals surface area contributed by atoms with Gasteiger partial charge in [-0.25, -0.2) is 14.8 Å². The quantitative estimate of drug-likeness (QED) is 0.168. The van der Waals surface area contributed by atoms with Gasteiger partial charge in [-0.1, -0.05) is 23.7 Å². The van der Waals surface area contributed by atoms with E-state index in [1.807, 2.05) is 42.5 Å². The highest BCUT2D eigenvalue weighted by molar-refractivity contribution is 6.35. The summed E-state index contributed by atoms with van der Waals surface area (Å²) in [5.41, 5.74) is 5.09. The summed E-state index contributed by atoms with van der Waals surface area (Å²) in [6.07, 6.45) is 5.90. The summed E-state index contributed by atoms with van der Waals surface area (Å²) in [5, 5.41) is 1.55. The maximum absolute atomic E-state index is 12.2. The van der Waals surface area contributed by atoms with Gasteiger partial charge in [0.1, 0.15) is 18.0 Å². The first-order valence-corrected chi connectivity index (χ1v) is 15.6. The molecule has 10 heteroatoms. The lowest BCUT2D eigenvalue weighted by atomic mass is 9.93. The Hall–Kier alpha value is -3.92. The second kappa shape index (κ2) is 12.6. The molecule has 0 aliphatic carbocycles. The van der Waals surface area contributed by atoms with Gasteiger partial charge in [0.05, 0.1) is 54.2 Å². The van der Waals surface area contributed by atoms with Crippen LogP contribution in [0.5, 0.6) is 5.88 Å². The van der Waals surface area contributed by atoms with Crippen LogP contribution in [0.3, 0.4) is 0 Å². The van der Waals surface area contributed by atoms with Gasteiger partial charge in [-0.15, -0.1) is 0 Å². The first-order chi connectivity index (χ1) is 21.6. The molecule has 0 spiro atoms. The van der Waals surface area contributed by atoms with Crippen LogP contribution in [0.25, 0.3) is 22.0 Å². The Morgan fingerprint density at radius 1 is 1.07 bits per heavy atom. The van der Waals surface area contributed by atoms with Gasteiger partial charge < -0.3 is 23.2 Å². The van der Waals surface area contributed by atoms with E-state index in [0.29, 0.717) is 29.0 Å². The van der Waals surface area contributed by atoms with Crippen LogP contribution in [0, 0.1) is 0 Å². The molecule has 0 bridgehead atoms. The van der Waals surface area contributed by atoms with Crippen molar-refractivity contribution in [3.63, 3.8) is 0 Å². The highest BCUT2D eigenvalue weighted by Crippen LogP contribution is 2.31. The number of methoxy groups -OCH3 is 1. The predicted molar refractivity (Wildman–Crippen MR) is 167 cm³/mol. The third kappa shape index (κ3) is 5.92. The van der Waals surface area contributed by atoms with Gasteiger partial charge in [-0.3, -0.25) is 4.90 Å². The summed E-state index contributed by atoms with van der Waals surface area (Å²) >= 11 is 6.29. The number of pyridine rings is 1. The molecule has 0 saturated carbocycles. The second-order valence-electron chi connectivity index (χ2n) is 11.6. The van der Waals surface area contributed by atoms with Crippen LogP contribution in [0.1, 0.15) is 59.0 Å². The number of carbonyl (C=O) groups excluding carboxylic acids is 1. The van der Waals surface area contributed by atoms with E-state index in [2.05, 4.69) is 15.5 Å². The SMILES string of the molecule is COC(=O)c1ccc2nc(CN3CCC(c4cccc(OCc5ccc(Cl)c6ccoc56)n4)CC3)n(C[C@@H]3CCCO3)c2c1. The van der Waals surface area contributed by atoms with Crippen molar-refractivity contribution in [2.45, 2.75) is 57.4 Å². The molecule has 2 aliphatic rings. The Morgan fingerprint density at radius 2 is 1.95 bits per heavy atom. The van der Waals surface area contributed by atoms with E-state index in [1.54, 1.807) is 12.3 Å². The zero-order chi connectivity index (χ0) is 30.0. The number of carbonyl (C=O) groups is 1. The fourth-order valence-corrected chi connectivity index (χ4v) is 6.62. The standard InChI is InChI=1S/C34H35ClN4O5/c1-41-34(40)23-8-10-29-30(18-23)39(19-25-4-3-16-42-25)31(36-29)20-38-14-11-22(12-15-38)28-5-2-6-32(37-28)44-21-24-7-9-27(35)26-13-17-43-33(24)26/h2,5-10,13,17-18,22,25H,3-4,11-12,14-16,19-21H2,1H3/t25-/m0/s1. The van der Waals surface area contributed by atoms with E-state index < -0.39 is 0 Å². The number of ether oxygens (including phenoxy) is 3. The van der Waals surface area contributed by atoms with Crippen molar-refractivity contribution in [2.24, 2.45) is 0 Å². The third-order valence-electron chi connectivity index (χ3n) is 8.80. The van der Waals surface area contributed by atoms with Gasteiger partial charge >= 0.3 is 5.97 Å². The molecule has 0 N–H and O–H groups in total. The molecule has 2 aliphatic heterocycles. The number of likely N-dealkylation sites (tertiary alicyclic amines) is 1. The van der Waals surface area contributed by atoms with Crippen molar-refractivity contribution < 1.29 is 23.4 Å². The van der Waals surface area contributed by atoms with E-state index >= 15 is 0 Å². The fourth-order valence-electron chi connectivity index (χ4n) is 6.41. The molecule has 9 nitrogen and oxygen atoms in total. The lowest BCUT2D eigenvalue weighted by Crippen LogP contribution is -2.34. The van der Waals surface area contributed by atoms with E-state index in [9.17, 15) is 4.79 Å². The zero-order valence-corrected chi connectivity index (χ0v) is 25.5. The van der Waals surface area contributed by atoms with Crippen LogP contribution in [0.2, 0.25) is 5.02 Å². The maximum atomic E-state index is 12.2. The Bertz CT molecular complexity index is 1790. The van der Waals surface area contributed by atoms with Crippen molar-refractivity contribution >= 4 is 39.6 Å². The number of imidazole rings is 1. The average molecular weight is 615 g/mol. The Balaban J connectivity index is 1.02. The van der Waals surface area contributed by atoms with E-state index in [1.165, 1.54) is 7.11 Å². The lowest BCUT2D eigenvalue weighted by Gasteiger charge is -2.31. The van der Waals surface area contributed by atoms with Crippen molar-refractivity contribution in [3.8, 4) is 5.88 Å². The summed E-state index contributed by atoms with van der Waals surface area (Å²) in [4.78, 5) is 24.6. The molecular formula is C34H35ClN4O5. The molecule has 2 fully saturated rings. The number of benzene rings is 2. The molecule has 228 valence electrons. The number of piperidine rings is 1. The number of hydrogen-bond donors (Lipinski definition) is 0. The number of fused-ring (bicyclic) bond motifs is 2. The van der Waals surface area contributed by atoms with Gasteiger partial charge in [0.15, 0.2) is 0 Å². The van der Waals surface area contributed by atoms with Crippen LogP contribution in [-0.2, 0) is 29.2 Å². The summed E-state index contributed by atoms with van der Waals surface area (Å²) in [5.74, 6) is 1.62. The molecule has 2 saturated heterocycles. The Morgan fingerprint density at radius 3 is 2.77 bits per heavy atom. The molecule has 5 heterocycles. The number of nitrogens with zero attached hydrogens (tertiary/aromatic N) is 4. The fraction of sp³-hybridized carbons (Fsp3) is 0.382. The molecule has 3 aromatic heterocycles. The topological polar surface area (TPSA) is 91.9 Å². The van der Waals surface area contributed by atoms with Crippen molar-refractivity contribution in [1.82, 2.24) is 19.4 Å². The maximum Gasteiger partial charge on any atom is 0.337 e. The minimum absolute atomic E-state index is 0.157. The highest BCUT2D eigenvalue weighted by atomic mass is 35.5. The van der Waals surface area contributed by atoms with Gasteiger partial charge in [0.2, 0.25) is 5.88 Å². The van der Waals surface area contributed by atoms with Gasteiger partial charge in [-0.05, 0) is 75.2 Å². The van der Waals surface area contributed by atoms with Crippen LogP contribution < -0.4 is 4.74 Å². The van der Waals surface area contributed by atoms with Crippen molar-refractivity contribution in [2.75, 3.05) is 26.8 Å². The number of aromatic nitrogens is 3. The Kier molecular flexibility index (Phi) is 8.25. The Labute approximate surface area is 260 Å². The summed E-state index contributed by atoms with van der Waals surface area (Å²) in [7, 11) is 1.41. The van der Waals surface area contributed by atoms with Gasteiger partial charge in [0.25, 0.3) is 0 Å². The van der Waals surface area contributed by atoms with Crippen LogP contribution in [0.15, 0.2) is 65.3 Å². The number of hydrogen-bond acceptors (Lipinski definition) is 8. The largest absolute Gasteiger partial charge is 0.473 e. The average Bonchev–Trinajstić information content (AvgIpc) is 3.83. The van der Waals surface area contributed by atoms with E-state index in [4.69, 9.17) is 40.2 Å². The second-order valence-corrected chi connectivity index (χ2v) is 12.0. The van der Waals surface area contributed by atoms with Crippen LogP contribution in [0.4, 0.5) is 0 Å². The summed E-state index contributed by atoms with van der Waals surface area (Å²) < 4.78 is 24.9. The molecule has 0 amide bonds. The lowest BCUT2D eigenvalue weighted by molar-refractivity contribution is 0.0601. The molecule has 5 aromatic rings. The van der Waals surface area contributed by atoms with Crippen LogP contribution >= 0.6 is 11.6 Å². The molecule has 7 rings (SSSR count). The summed E-state index contributed by atoms with van der Waals surface area (Å²) in [6, 6.07) is 17.3. The molecule has 0 radical (unpaired) electrons. The minimum Gasteiger partial charge on any atom is -0.473 e. The third-order valence-corrected chi connectivity index (χ3v) is 9.12.